The molecule has 1 aromatic carbocycles. The van der Waals surface area contributed by atoms with Gasteiger partial charge in [-0.2, -0.15) is 49.7 Å². The van der Waals surface area contributed by atoms with Gasteiger partial charge in [0, 0.05) is 0 Å². The molecular formula is C12H18W. The van der Waals surface area contributed by atoms with Crippen LogP contribution in [0, 0.1) is 12.5 Å². The molecule has 0 N–H and O–H groups in total. The van der Waals surface area contributed by atoms with E-state index in [9.17, 15) is 0 Å². The zero-order valence-corrected chi connectivity index (χ0v) is 11.8. The van der Waals surface area contributed by atoms with Gasteiger partial charge in [-0.1, -0.05) is 19.8 Å². The Morgan fingerprint density at radius 1 is 1.31 bits per heavy atom. The Bertz CT molecular complexity index is 180. The average molecular weight is 346 g/mol. The Balaban J connectivity index is 0. The molecule has 0 nitrogen and oxygen atoms in total. The van der Waals surface area contributed by atoms with E-state index in [0.717, 1.165) is 0 Å². The maximum absolute atomic E-state index is 3.04. The fraction of sp³-hybridized carbons (Fsp3) is 0.417. The molecule has 0 aromatic heterocycles. The van der Waals surface area contributed by atoms with Crippen molar-refractivity contribution in [3.05, 3.63) is 42.3 Å². The monoisotopic (exact) mass is 346 g/mol. The van der Waals surface area contributed by atoms with Crippen LogP contribution in [0.3, 0.4) is 0 Å². The molecule has 1 rings (SSSR count). The van der Waals surface area contributed by atoms with Crippen LogP contribution in [0.2, 0.25) is 0 Å². The molecule has 1 aromatic rings. The molecule has 0 aliphatic heterocycles. The summed E-state index contributed by atoms with van der Waals surface area (Å²) in [4.78, 5) is 0. The second kappa shape index (κ2) is 9.99. The van der Waals surface area contributed by atoms with Crippen LogP contribution in [-0.2, 0) is 21.1 Å². The maximum atomic E-state index is 3.04. The first-order valence-electron chi connectivity index (χ1n) is 4.42. The van der Waals surface area contributed by atoms with E-state index >= 15 is 0 Å². The van der Waals surface area contributed by atoms with E-state index in [1.54, 1.807) is 0 Å². The Hall–Kier alpha value is -0.0917. The molecule has 0 saturated heterocycles. The van der Waals surface area contributed by atoms with Crippen molar-refractivity contribution >= 4 is 0 Å². The topological polar surface area (TPSA) is 0 Å². The molecule has 0 amide bonds. The minimum atomic E-state index is 0. The number of hydrogen-bond acceptors (Lipinski definition) is 0. The molecule has 0 spiro atoms. The summed E-state index contributed by atoms with van der Waals surface area (Å²) >= 11 is 0. The van der Waals surface area contributed by atoms with Crippen molar-refractivity contribution < 1.29 is 21.1 Å². The first-order chi connectivity index (χ1) is 5.72. The van der Waals surface area contributed by atoms with Crippen molar-refractivity contribution in [1.29, 1.82) is 0 Å². The minimum Gasteiger partial charge on any atom is -0.335 e. The number of benzene rings is 1. The third kappa shape index (κ3) is 8.24. The first kappa shape index (κ1) is 15.4. The summed E-state index contributed by atoms with van der Waals surface area (Å²) in [7, 11) is 0. The average Bonchev–Trinajstić information content (AvgIpc) is 2.07. The van der Waals surface area contributed by atoms with E-state index in [4.69, 9.17) is 0 Å². The van der Waals surface area contributed by atoms with Gasteiger partial charge in [-0.05, 0) is 0 Å². The smallest absolute Gasteiger partial charge is 0.335 e. The van der Waals surface area contributed by atoms with Crippen LogP contribution in [0.15, 0.2) is 24.3 Å². The Morgan fingerprint density at radius 2 is 1.85 bits per heavy atom. The van der Waals surface area contributed by atoms with Gasteiger partial charge < -0.3 is 6.42 Å². The van der Waals surface area contributed by atoms with Crippen molar-refractivity contribution in [2.24, 2.45) is 0 Å². The minimum absolute atomic E-state index is 0. The SMILES string of the molecule is CC(C)c1c[c-]ccc1.C[CH-]C.[W+2]. The summed E-state index contributed by atoms with van der Waals surface area (Å²) < 4.78 is 0. The van der Waals surface area contributed by atoms with Crippen LogP contribution < -0.4 is 0 Å². The van der Waals surface area contributed by atoms with Gasteiger partial charge >= 0.3 is 21.1 Å². The van der Waals surface area contributed by atoms with E-state index in [-0.39, 0.29) is 21.1 Å². The van der Waals surface area contributed by atoms with Crippen LogP contribution in [0.1, 0.15) is 39.2 Å². The summed E-state index contributed by atoms with van der Waals surface area (Å²) in [5.41, 5.74) is 1.36. The normalized spacial score (nSPS) is 8.38. The van der Waals surface area contributed by atoms with Gasteiger partial charge in [0.05, 0.1) is 0 Å². The van der Waals surface area contributed by atoms with Crippen molar-refractivity contribution in [2.75, 3.05) is 0 Å². The molecule has 0 heterocycles. The van der Waals surface area contributed by atoms with Gasteiger partial charge in [-0.3, -0.25) is 0 Å². The standard InChI is InChI=1S/C9H11.C3H7.W/c1-8(2)9-6-4-3-5-7-9;1-3-2;/h3-4,6-8H,1-2H3;3H,1-2H3;/q2*-1;+2. The van der Waals surface area contributed by atoms with Crippen LogP contribution in [0.25, 0.3) is 0 Å². The zero-order valence-electron chi connectivity index (χ0n) is 8.87. The van der Waals surface area contributed by atoms with Crippen LogP contribution in [0.4, 0.5) is 0 Å². The Kier molecular flexibility index (Phi) is 11.8. The molecule has 0 fully saturated rings. The van der Waals surface area contributed by atoms with Gasteiger partial charge in [-0.15, -0.1) is 0 Å². The fourth-order valence-corrected chi connectivity index (χ4v) is 0.766. The third-order valence-electron chi connectivity index (χ3n) is 1.40. The van der Waals surface area contributed by atoms with Crippen LogP contribution in [-0.4, -0.2) is 0 Å². The van der Waals surface area contributed by atoms with E-state index in [1.807, 2.05) is 38.5 Å². The molecule has 72 valence electrons. The fourth-order valence-electron chi connectivity index (χ4n) is 0.766. The quantitative estimate of drug-likeness (QED) is 0.678. The molecule has 1 heteroatoms. The summed E-state index contributed by atoms with van der Waals surface area (Å²) in [5.74, 6) is 0.627. The molecule has 0 aliphatic rings. The van der Waals surface area contributed by atoms with Crippen molar-refractivity contribution in [1.82, 2.24) is 0 Å². The second-order valence-corrected chi connectivity index (χ2v) is 3.07. The zero-order chi connectivity index (χ0) is 9.40. The Labute approximate surface area is 97.0 Å². The van der Waals surface area contributed by atoms with Crippen LogP contribution >= 0.6 is 0 Å². The van der Waals surface area contributed by atoms with Gasteiger partial charge in [0.15, 0.2) is 0 Å². The van der Waals surface area contributed by atoms with E-state index in [2.05, 4.69) is 26.0 Å². The van der Waals surface area contributed by atoms with Crippen molar-refractivity contribution in [3.8, 4) is 0 Å². The molecule has 0 aliphatic carbocycles. The summed E-state index contributed by atoms with van der Waals surface area (Å²) in [6.07, 6.45) is 2.00. The predicted octanol–water partition coefficient (Wildman–Crippen LogP) is 3.84. The second-order valence-electron chi connectivity index (χ2n) is 3.07. The van der Waals surface area contributed by atoms with Gasteiger partial charge in [-0.25, -0.2) is 0 Å². The number of rotatable bonds is 1. The molecule has 0 saturated carbocycles. The molecule has 0 bridgehead atoms. The molecule has 0 radical (unpaired) electrons. The maximum Gasteiger partial charge on any atom is 2.00 e. The molecular weight excluding hydrogens is 328 g/mol. The summed E-state index contributed by atoms with van der Waals surface area (Å²) in [5, 5.41) is 0. The molecule has 13 heavy (non-hydrogen) atoms. The Morgan fingerprint density at radius 3 is 2.08 bits per heavy atom. The largest absolute Gasteiger partial charge is 2.00 e. The van der Waals surface area contributed by atoms with E-state index in [0.29, 0.717) is 5.92 Å². The first-order valence-corrected chi connectivity index (χ1v) is 4.42. The van der Waals surface area contributed by atoms with Gasteiger partial charge in [0.1, 0.15) is 0 Å². The van der Waals surface area contributed by atoms with Crippen molar-refractivity contribution in [3.63, 3.8) is 0 Å². The van der Waals surface area contributed by atoms with Crippen LogP contribution in [0.5, 0.6) is 0 Å². The van der Waals surface area contributed by atoms with E-state index < -0.39 is 0 Å². The molecule has 0 atom stereocenters. The third-order valence-corrected chi connectivity index (χ3v) is 1.40. The number of hydrogen-bond donors (Lipinski definition) is 0. The van der Waals surface area contributed by atoms with Crippen molar-refractivity contribution in [2.45, 2.75) is 33.6 Å². The van der Waals surface area contributed by atoms with E-state index in [1.165, 1.54) is 5.56 Å². The summed E-state index contributed by atoms with van der Waals surface area (Å²) in [6.45, 7) is 8.37. The van der Waals surface area contributed by atoms with Gasteiger partial charge in [0.25, 0.3) is 0 Å². The van der Waals surface area contributed by atoms with Gasteiger partial charge in [0.2, 0.25) is 0 Å². The predicted molar refractivity (Wildman–Crippen MR) is 55.0 cm³/mol. The molecule has 0 unspecified atom stereocenters. The summed E-state index contributed by atoms with van der Waals surface area (Å²) in [6, 6.07) is 11.1.